The maximum atomic E-state index is 12.6. The molecule has 1 aliphatic heterocycles. The first-order chi connectivity index (χ1) is 11.8. The average molecular weight is 360 g/mol. The number of halogens is 3. The second-order valence-electron chi connectivity index (χ2n) is 6.63. The van der Waals surface area contributed by atoms with E-state index in [1.54, 1.807) is 0 Å². The van der Waals surface area contributed by atoms with Crippen molar-refractivity contribution < 1.29 is 27.8 Å². The van der Waals surface area contributed by atoms with Crippen LogP contribution in [-0.2, 0) is 11.0 Å². The molecule has 0 aromatic carbocycles. The number of amides is 1. The summed E-state index contributed by atoms with van der Waals surface area (Å²) in [5, 5.41) is 3.01. The molecule has 0 aliphatic carbocycles. The third-order valence-electron chi connectivity index (χ3n) is 4.47. The van der Waals surface area contributed by atoms with Crippen molar-refractivity contribution in [3.63, 3.8) is 0 Å². The number of carbonyl (C=O) groups excluding carboxylic acids is 1. The van der Waals surface area contributed by atoms with Crippen LogP contribution < -0.4 is 20.1 Å². The molecule has 8 heteroatoms. The van der Waals surface area contributed by atoms with E-state index in [1.165, 1.54) is 11.0 Å². The van der Waals surface area contributed by atoms with E-state index in [-0.39, 0.29) is 11.9 Å². The number of pyridine rings is 1. The first-order valence-corrected chi connectivity index (χ1v) is 8.76. The number of quaternary nitrogens is 1. The number of hydrogen-bond donors (Lipinski definition) is 2. The summed E-state index contributed by atoms with van der Waals surface area (Å²) in [4.78, 5) is 18.0. The predicted molar refractivity (Wildman–Crippen MR) is 88.3 cm³/mol. The van der Waals surface area contributed by atoms with E-state index in [9.17, 15) is 18.0 Å². The molecule has 1 atom stereocenters. The lowest BCUT2D eigenvalue weighted by Gasteiger charge is -2.28. The summed E-state index contributed by atoms with van der Waals surface area (Å²) in [5.41, 5.74) is -0.682. The number of nitrogens with zero attached hydrogens (tertiary/aromatic N) is 1. The van der Waals surface area contributed by atoms with Crippen molar-refractivity contribution in [3.05, 3.63) is 23.9 Å². The molecule has 0 spiro atoms. The second-order valence-corrected chi connectivity index (χ2v) is 6.63. The highest BCUT2D eigenvalue weighted by molar-refractivity contribution is 5.77. The molecule has 0 saturated carbocycles. The van der Waals surface area contributed by atoms with Gasteiger partial charge in [-0.1, -0.05) is 13.3 Å². The van der Waals surface area contributed by atoms with E-state index in [1.807, 2.05) is 11.8 Å². The number of hydrogen-bond acceptors (Lipinski definition) is 2. The zero-order valence-corrected chi connectivity index (χ0v) is 14.7. The number of piperazine rings is 1. The Kier molecular flexibility index (Phi) is 6.64. The summed E-state index contributed by atoms with van der Waals surface area (Å²) in [7, 11) is 0. The molecule has 0 bridgehead atoms. The van der Waals surface area contributed by atoms with Gasteiger partial charge in [-0.2, -0.15) is 13.2 Å². The van der Waals surface area contributed by atoms with Gasteiger partial charge >= 0.3 is 6.18 Å². The lowest BCUT2D eigenvalue weighted by atomic mass is 10.2. The molecule has 5 nitrogen and oxygen atoms in total. The van der Waals surface area contributed by atoms with Gasteiger partial charge in [-0.3, -0.25) is 9.69 Å². The van der Waals surface area contributed by atoms with Crippen LogP contribution in [0.1, 0.15) is 32.3 Å². The molecule has 0 unspecified atom stereocenters. The van der Waals surface area contributed by atoms with Crippen LogP contribution in [0.5, 0.6) is 0 Å². The number of nitrogens with one attached hydrogen (secondary N) is 3. The van der Waals surface area contributed by atoms with Crippen LogP contribution in [0, 0.1) is 0 Å². The largest absolute Gasteiger partial charge is 0.419 e. The van der Waals surface area contributed by atoms with E-state index in [4.69, 9.17) is 0 Å². The Morgan fingerprint density at radius 2 is 2.04 bits per heavy atom. The maximum Gasteiger partial charge on any atom is 0.419 e. The van der Waals surface area contributed by atoms with Gasteiger partial charge in [0, 0.05) is 12.1 Å². The molecule has 0 radical (unpaired) electrons. The van der Waals surface area contributed by atoms with Crippen LogP contribution in [0.4, 0.5) is 19.0 Å². The molecule has 3 N–H and O–H groups in total. The fraction of sp³-hybridized carbons (Fsp3) is 0.647. The van der Waals surface area contributed by atoms with Crippen molar-refractivity contribution in [3.8, 4) is 0 Å². The molecule has 1 aromatic rings. The lowest BCUT2D eigenvalue weighted by molar-refractivity contribution is -0.892. The van der Waals surface area contributed by atoms with Crippen LogP contribution in [0.25, 0.3) is 0 Å². The molecule has 2 rings (SSSR count). The molecule has 140 valence electrons. The predicted octanol–water partition coefficient (Wildman–Crippen LogP) is 0.529. The van der Waals surface area contributed by atoms with Crippen LogP contribution in [0.3, 0.4) is 0 Å². The number of alkyl halides is 3. The highest BCUT2D eigenvalue weighted by atomic mass is 19.4. The molecule has 1 saturated heterocycles. The van der Waals surface area contributed by atoms with E-state index in [2.05, 4.69) is 17.2 Å². The third-order valence-corrected chi connectivity index (χ3v) is 4.47. The fourth-order valence-electron chi connectivity index (χ4n) is 3.09. The van der Waals surface area contributed by atoms with Crippen LogP contribution >= 0.6 is 0 Å². The first-order valence-electron chi connectivity index (χ1n) is 8.76. The SMILES string of the molecule is CCC[C@@H](C)NC(=O)C[NH+]1CCN(c2ccc(C(F)(F)F)c[nH+]2)CC1. The van der Waals surface area contributed by atoms with Gasteiger partial charge in [-0.05, 0) is 19.4 Å². The molecule has 1 amide bonds. The van der Waals surface area contributed by atoms with Crippen LogP contribution in [-0.4, -0.2) is 44.7 Å². The van der Waals surface area contributed by atoms with Crippen molar-refractivity contribution in [2.45, 2.75) is 38.9 Å². The number of carbonyl (C=O) groups is 1. The molecular formula is C17H27F3N4O+2. The Labute approximate surface area is 146 Å². The number of H-pyrrole nitrogens is 1. The molecule has 1 fully saturated rings. The quantitative estimate of drug-likeness (QED) is 0.778. The van der Waals surface area contributed by atoms with Crippen LogP contribution in [0.2, 0.25) is 0 Å². The fourth-order valence-corrected chi connectivity index (χ4v) is 3.09. The minimum atomic E-state index is -4.33. The van der Waals surface area contributed by atoms with Gasteiger partial charge in [0.1, 0.15) is 32.4 Å². The molecule has 25 heavy (non-hydrogen) atoms. The topological polar surface area (TPSA) is 50.9 Å². The van der Waals surface area contributed by atoms with Crippen LogP contribution in [0.15, 0.2) is 18.3 Å². The third kappa shape index (κ3) is 5.88. The highest BCUT2D eigenvalue weighted by Gasteiger charge is 2.33. The molecule has 2 heterocycles. The van der Waals surface area contributed by atoms with E-state index < -0.39 is 11.7 Å². The van der Waals surface area contributed by atoms with Gasteiger partial charge in [-0.25, -0.2) is 4.98 Å². The van der Waals surface area contributed by atoms with Gasteiger partial charge in [0.2, 0.25) is 0 Å². The smallest absolute Gasteiger partial charge is 0.349 e. The zero-order chi connectivity index (χ0) is 18.4. The minimum Gasteiger partial charge on any atom is -0.349 e. The van der Waals surface area contributed by atoms with Crippen molar-refractivity contribution >= 4 is 11.7 Å². The van der Waals surface area contributed by atoms with Crippen molar-refractivity contribution in [2.75, 3.05) is 37.6 Å². The Morgan fingerprint density at radius 3 is 2.56 bits per heavy atom. The molecule has 1 aliphatic rings. The summed E-state index contributed by atoms with van der Waals surface area (Å²) >= 11 is 0. The zero-order valence-electron chi connectivity index (χ0n) is 14.7. The number of rotatable bonds is 6. The average Bonchev–Trinajstić information content (AvgIpc) is 2.55. The van der Waals surface area contributed by atoms with Gasteiger partial charge in [0.05, 0.1) is 5.56 Å². The van der Waals surface area contributed by atoms with Crippen molar-refractivity contribution in [2.24, 2.45) is 0 Å². The summed E-state index contributed by atoms with van der Waals surface area (Å²) in [6, 6.07) is 2.75. The van der Waals surface area contributed by atoms with Gasteiger partial charge in [0.25, 0.3) is 11.7 Å². The van der Waals surface area contributed by atoms with Gasteiger partial charge < -0.3 is 10.2 Å². The van der Waals surface area contributed by atoms with Gasteiger partial charge in [0.15, 0.2) is 6.54 Å². The normalized spacial score (nSPS) is 17.4. The summed E-state index contributed by atoms with van der Waals surface area (Å²) in [5.74, 6) is 0.735. The highest BCUT2D eigenvalue weighted by Crippen LogP contribution is 2.28. The van der Waals surface area contributed by atoms with Crippen molar-refractivity contribution in [1.82, 2.24) is 5.32 Å². The van der Waals surface area contributed by atoms with Crippen molar-refractivity contribution in [1.29, 1.82) is 0 Å². The minimum absolute atomic E-state index is 0.0606. The Bertz CT molecular complexity index is 554. The van der Waals surface area contributed by atoms with E-state index in [0.717, 1.165) is 38.2 Å². The molecule has 1 aromatic heterocycles. The molecular weight excluding hydrogens is 333 g/mol. The summed E-state index contributed by atoms with van der Waals surface area (Å²) in [6.45, 7) is 7.51. The Hall–Kier alpha value is -1.83. The number of anilines is 1. The standard InChI is InChI=1S/C17H25F3N4O/c1-3-4-13(2)22-16(25)12-23-7-9-24(10-8-23)15-6-5-14(11-21-15)17(18,19)20/h5-6,11,13H,3-4,7-10,12H2,1-2H3,(H,22,25)/p+2/t13-/m1/s1. The Balaban J connectivity index is 1.80. The summed E-state index contributed by atoms with van der Waals surface area (Å²) in [6.07, 6.45) is -1.33. The van der Waals surface area contributed by atoms with E-state index in [0.29, 0.717) is 25.5 Å². The first kappa shape index (κ1) is 19.5. The monoisotopic (exact) mass is 360 g/mol. The lowest BCUT2D eigenvalue weighted by Crippen LogP contribution is -3.16. The maximum absolute atomic E-state index is 12.6. The summed E-state index contributed by atoms with van der Waals surface area (Å²) < 4.78 is 37.8. The number of aromatic amines is 1. The second kappa shape index (κ2) is 8.51. The van der Waals surface area contributed by atoms with E-state index >= 15 is 0 Å². The van der Waals surface area contributed by atoms with Gasteiger partial charge in [-0.15, -0.1) is 0 Å². The number of aromatic nitrogens is 1. The Morgan fingerprint density at radius 1 is 1.36 bits per heavy atom.